The molecule has 0 saturated heterocycles. The summed E-state index contributed by atoms with van der Waals surface area (Å²) >= 11 is 3.29. The van der Waals surface area contributed by atoms with E-state index in [9.17, 15) is 0 Å². The number of hydrazine groups is 1. The zero-order valence-electron chi connectivity index (χ0n) is 5.84. The van der Waals surface area contributed by atoms with E-state index in [2.05, 4.69) is 21.4 Å². The maximum Gasteiger partial charge on any atom is 0.0682 e. The molecule has 3 nitrogen and oxygen atoms in total. The minimum atomic E-state index is 0.0451. The number of hydrogen-bond acceptors (Lipinski definition) is 3. The van der Waals surface area contributed by atoms with Gasteiger partial charge in [-0.25, -0.2) is 0 Å². The highest BCUT2D eigenvalue weighted by molar-refractivity contribution is 9.10. The van der Waals surface area contributed by atoms with Crippen molar-refractivity contribution >= 4 is 21.6 Å². The van der Waals surface area contributed by atoms with Gasteiger partial charge >= 0.3 is 0 Å². The maximum absolute atomic E-state index is 8.75. The highest BCUT2D eigenvalue weighted by Gasteiger charge is 1.97. The van der Waals surface area contributed by atoms with Gasteiger partial charge in [0.15, 0.2) is 0 Å². The maximum atomic E-state index is 8.75. The number of anilines is 1. The summed E-state index contributed by atoms with van der Waals surface area (Å²) in [7, 11) is 0. The van der Waals surface area contributed by atoms with Gasteiger partial charge in [-0.1, -0.05) is 6.07 Å². The minimum Gasteiger partial charge on any atom is -0.392 e. The zero-order chi connectivity index (χ0) is 8.27. The third-order valence-electron chi connectivity index (χ3n) is 1.37. The van der Waals surface area contributed by atoms with Crippen LogP contribution in [0.4, 0.5) is 5.69 Å². The predicted octanol–water partition coefficient (Wildman–Crippen LogP) is 1.23. The molecule has 0 bridgehead atoms. The van der Waals surface area contributed by atoms with Crippen molar-refractivity contribution in [3.05, 3.63) is 28.2 Å². The fourth-order valence-electron chi connectivity index (χ4n) is 0.774. The molecular formula is C7H9BrN2O. The van der Waals surface area contributed by atoms with Gasteiger partial charge in [-0.2, -0.15) is 0 Å². The molecule has 1 rings (SSSR count). The largest absolute Gasteiger partial charge is 0.392 e. The van der Waals surface area contributed by atoms with Crippen molar-refractivity contribution in [3.63, 3.8) is 0 Å². The molecule has 0 amide bonds. The summed E-state index contributed by atoms with van der Waals surface area (Å²) in [5.41, 5.74) is 4.18. The second-order valence-electron chi connectivity index (χ2n) is 2.12. The number of nitrogens with two attached hydrogens (primary N) is 1. The first-order valence-electron chi connectivity index (χ1n) is 3.14. The molecule has 0 heterocycles. The summed E-state index contributed by atoms with van der Waals surface area (Å²) in [6.07, 6.45) is 0. The van der Waals surface area contributed by atoms with Crippen LogP contribution in [-0.4, -0.2) is 5.11 Å². The third kappa shape index (κ3) is 1.92. The molecule has 0 aliphatic rings. The van der Waals surface area contributed by atoms with E-state index in [1.807, 2.05) is 6.07 Å². The minimum absolute atomic E-state index is 0.0451. The van der Waals surface area contributed by atoms with Crippen molar-refractivity contribution in [1.82, 2.24) is 0 Å². The summed E-state index contributed by atoms with van der Waals surface area (Å²) in [4.78, 5) is 0. The Bertz CT molecular complexity index is 252. The van der Waals surface area contributed by atoms with Gasteiger partial charge in [0.05, 0.1) is 12.3 Å². The van der Waals surface area contributed by atoms with E-state index in [-0.39, 0.29) is 6.61 Å². The van der Waals surface area contributed by atoms with Crippen molar-refractivity contribution in [3.8, 4) is 0 Å². The number of aliphatic hydroxyl groups is 1. The van der Waals surface area contributed by atoms with Crippen molar-refractivity contribution in [2.24, 2.45) is 5.84 Å². The Labute approximate surface area is 73.3 Å². The fourth-order valence-corrected chi connectivity index (χ4v) is 1.31. The van der Waals surface area contributed by atoms with E-state index in [1.165, 1.54) is 0 Å². The van der Waals surface area contributed by atoms with Crippen LogP contribution < -0.4 is 11.3 Å². The van der Waals surface area contributed by atoms with Crippen LogP contribution in [0.3, 0.4) is 0 Å². The van der Waals surface area contributed by atoms with Crippen LogP contribution in [0.25, 0.3) is 0 Å². The lowest BCUT2D eigenvalue weighted by Crippen LogP contribution is -2.07. The normalized spacial score (nSPS) is 9.73. The van der Waals surface area contributed by atoms with E-state index in [4.69, 9.17) is 10.9 Å². The van der Waals surface area contributed by atoms with Crippen molar-refractivity contribution < 1.29 is 5.11 Å². The van der Waals surface area contributed by atoms with Crippen LogP contribution in [0.2, 0.25) is 0 Å². The molecule has 4 N–H and O–H groups in total. The summed E-state index contributed by atoms with van der Waals surface area (Å²) in [5, 5.41) is 8.75. The molecule has 1 aromatic rings. The standard InChI is InChI=1S/C7H9BrN2O/c8-6-3-5(4-11)1-2-7(6)10-9/h1-3,10-11H,4,9H2. The number of nitrogen functional groups attached to an aromatic ring is 1. The van der Waals surface area contributed by atoms with E-state index < -0.39 is 0 Å². The van der Waals surface area contributed by atoms with Crippen LogP contribution in [0, 0.1) is 0 Å². The predicted molar refractivity (Wildman–Crippen MR) is 47.9 cm³/mol. The number of aliphatic hydroxyl groups excluding tert-OH is 1. The SMILES string of the molecule is NNc1ccc(CO)cc1Br. The van der Waals surface area contributed by atoms with Gasteiger partial charge < -0.3 is 10.5 Å². The first-order valence-corrected chi connectivity index (χ1v) is 3.93. The topological polar surface area (TPSA) is 58.3 Å². The molecule has 0 radical (unpaired) electrons. The number of nitrogens with one attached hydrogen (secondary N) is 1. The average molecular weight is 217 g/mol. The molecule has 1 aromatic carbocycles. The van der Waals surface area contributed by atoms with E-state index in [1.54, 1.807) is 12.1 Å². The van der Waals surface area contributed by atoms with Gasteiger partial charge in [0.25, 0.3) is 0 Å². The molecule has 0 aliphatic carbocycles. The third-order valence-corrected chi connectivity index (χ3v) is 2.03. The van der Waals surface area contributed by atoms with Crippen LogP contribution >= 0.6 is 15.9 Å². The first-order chi connectivity index (χ1) is 5.27. The van der Waals surface area contributed by atoms with Gasteiger partial charge in [0, 0.05) is 4.47 Å². The Hall–Kier alpha value is -0.580. The van der Waals surface area contributed by atoms with Crippen molar-refractivity contribution in [2.45, 2.75) is 6.61 Å². The van der Waals surface area contributed by atoms with Crippen molar-refractivity contribution in [1.29, 1.82) is 0 Å². The van der Waals surface area contributed by atoms with E-state index >= 15 is 0 Å². The zero-order valence-corrected chi connectivity index (χ0v) is 7.43. The smallest absolute Gasteiger partial charge is 0.0682 e. The highest BCUT2D eigenvalue weighted by atomic mass is 79.9. The lowest BCUT2D eigenvalue weighted by Gasteiger charge is -2.03. The molecule has 4 heteroatoms. The molecule has 0 atom stereocenters. The Kier molecular flexibility index (Phi) is 2.87. The number of hydrogen-bond donors (Lipinski definition) is 3. The van der Waals surface area contributed by atoms with E-state index in [0.29, 0.717) is 0 Å². The van der Waals surface area contributed by atoms with Gasteiger partial charge in [0.1, 0.15) is 0 Å². The summed E-state index contributed by atoms with van der Waals surface area (Å²) in [5.74, 6) is 5.20. The Balaban J connectivity index is 2.99. The second-order valence-corrected chi connectivity index (χ2v) is 2.97. The molecule has 0 unspecified atom stereocenters. The quantitative estimate of drug-likeness (QED) is 0.515. The molecule has 11 heavy (non-hydrogen) atoms. The summed E-state index contributed by atoms with van der Waals surface area (Å²) in [6, 6.07) is 5.42. The molecule has 60 valence electrons. The van der Waals surface area contributed by atoms with Crippen LogP contribution in [-0.2, 0) is 6.61 Å². The monoisotopic (exact) mass is 216 g/mol. The highest BCUT2D eigenvalue weighted by Crippen LogP contribution is 2.22. The molecular weight excluding hydrogens is 208 g/mol. The van der Waals surface area contributed by atoms with Gasteiger partial charge in [-0.3, -0.25) is 5.84 Å². The molecule has 0 aliphatic heterocycles. The van der Waals surface area contributed by atoms with Gasteiger partial charge in [0.2, 0.25) is 0 Å². The Morgan fingerprint density at radius 3 is 2.73 bits per heavy atom. The fraction of sp³-hybridized carbons (Fsp3) is 0.143. The van der Waals surface area contributed by atoms with Crippen LogP contribution in [0.5, 0.6) is 0 Å². The van der Waals surface area contributed by atoms with Crippen LogP contribution in [0.1, 0.15) is 5.56 Å². The average Bonchev–Trinajstić information content (AvgIpc) is 2.04. The Morgan fingerprint density at radius 1 is 1.55 bits per heavy atom. The molecule has 0 saturated carbocycles. The number of benzene rings is 1. The summed E-state index contributed by atoms with van der Waals surface area (Å²) in [6.45, 7) is 0.0451. The molecule has 0 spiro atoms. The molecule has 0 fully saturated rings. The lowest BCUT2D eigenvalue weighted by atomic mass is 10.2. The molecule has 0 aromatic heterocycles. The number of halogens is 1. The van der Waals surface area contributed by atoms with Gasteiger partial charge in [-0.05, 0) is 33.6 Å². The Morgan fingerprint density at radius 2 is 2.27 bits per heavy atom. The van der Waals surface area contributed by atoms with Crippen molar-refractivity contribution in [2.75, 3.05) is 5.43 Å². The van der Waals surface area contributed by atoms with Crippen LogP contribution in [0.15, 0.2) is 22.7 Å². The number of rotatable bonds is 2. The second kappa shape index (κ2) is 3.71. The lowest BCUT2D eigenvalue weighted by molar-refractivity contribution is 0.282. The summed E-state index contributed by atoms with van der Waals surface area (Å²) < 4.78 is 0.853. The first kappa shape index (κ1) is 8.52. The van der Waals surface area contributed by atoms with E-state index in [0.717, 1.165) is 15.7 Å². The van der Waals surface area contributed by atoms with Gasteiger partial charge in [-0.15, -0.1) is 0 Å².